The molecule has 0 aliphatic rings. The molecule has 2 aromatic rings. The molecule has 2 rings (SSSR count). The number of furan rings is 1. The second-order valence-corrected chi connectivity index (χ2v) is 4.47. The Hall–Kier alpha value is -0.990. The van der Waals surface area contributed by atoms with Crippen molar-refractivity contribution < 1.29 is 9.52 Å². The lowest BCUT2D eigenvalue weighted by Gasteiger charge is -2.03. The predicted octanol–water partition coefficient (Wildman–Crippen LogP) is 4.23. The van der Waals surface area contributed by atoms with E-state index >= 15 is 0 Å². The number of benzene rings is 1. The maximum atomic E-state index is 9.87. The molecule has 0 saturated heterocycles. The van der Waals surface area contributed by atoms with E-state index < -0.39 is 6.10 Å². The number of aliphatic hydroxyl groups is 1. The van der Waals surface area contributed by atoms with E-state index in [2.05, 4.69) is 0 Å². The molecule has 0 saturated carbocycles. The van der Waals surface area contributed by atoms with Crippen molar-refractivity contribution in [2.24, 2.45) is 0 Å². The number of hydrogen-bond donors (Lipinski definition) is 1. The van der Waals surface area contributed by atoms with Gasteiger partial charge in [0.25, 0.3) is 0 Å². The number of halogens is 1. The van der Waals surface area contributed by atoms with Crippen molar-refractivity contribution in [3.8, 4) is 0 Å². The van der Waals surface area contributed by atoms with Crippen LogP contribution < -0.4 is 0 Å². The summed E-state index contributed by atoms with van der Waals surface area (Å²) in [5, 5.41) is 11.4. The number of hydrogen-bond acceptors (Lipinski definition) is 2. The van der Waals surface area contributed by atoms with Crippen molar-refractivity contribution >= 4 is 22.6 Å². The SMILES string of the molecule is CCCC(O)c1cc2c(Cl)ccc(C)c2o1. The molecule has 0 radical (unpaired) electrons. The lowest BCUT2D eigenvalue weighted by molar-refractivity contribution is 0.141. The fourth-order valence-electron chi connectivity index (χ4n) is 1.82. The summed E-state index contributed by atoms with van der Waals surface area (Å²) in [4.78, 5) is 0. The van der Waals surface area contributed by atoms with Gasteiger partial charge in [0.2, 0.25) is 0 Å². The van der Waals surface area contributed by atoms with Crippen LogP contribution in [0.2, 0.25) is 5.02 Å². The molecule has 0 spiro atoms. The summed E-state index contributed by atoms with van der Waals surface area (Å²) in [5.74, 6) is 0.605. The zero-order valence-corrected chi connectivity index (χ0v) is 10.2. The second kappa shape index (κ2) is 4.48. The van der Waals surface area contributed by atoms with Crippen molar-refractivity contribution in [2.45, 2.75) is 32.8 Å². The Labute approximate surface area is 99.8 Å². The van der Waals surface area contributed by atoms with Gasteiger partial charge in [0.1, 0.15) is 17.4 Å². The van der Waals surface area contributed by atoms with Gasteiger partial charge in [-0.25, -0.2) is 0 Å². The molecule has 1 heterocycles. The summed E-state index contributed by atoms with van der Waals surface area (Å²) >= 11 is 6.08. The minimum atomic E-state index is -0.534. The lowest BCUT2D eigenvalue weighted by Crippen LogP contribution is -1.93. The van der Waals surface area contributed by atoms with Gasteiger partial charge in [0.05, 0.1) is 5.02 Å². The van der Waals surface area contributed by atoms with Gasteiger partial charge in [-0.2, -0.15) is 0 Å². The molecule has 1 atom stereocenters. The first-order valence-corrected chi connectivity index (χ1v) is 5.88. The van der Waals surface area contributed by atoms with Crippen LogP contribution in [-0.4, -0.2) is 5.11 Å². The molecule has 0 aliphatic carbocycles. The number of aliphatic hydroxyl groups excluding tert-OH is 1. The minimum absolute atomic E-state index is 0.534. The molecule has 1 aromatic heterocycles. The molecule has 2 nitrogen and oxygen atoms in total. The van der Waals surface area contributed by atoms with Crippen LogP contribution in [0.5, 0.6) is 0 Å². The number of rotatable bonds is 3. The van der Waals surface area contributed by atoms with Gasteiger partial charge >= 0.3 is 0 Å². The average molecular weight is 239 g/mol. The van der Waals surface area contributed by atoms with Crippen molar-refractivity contribution in [3.05, 3.63) is 34.5 Å². The van der Waals surface area contributed by atoms with E-state index in [0.29, 0.717) is 17.2 Å². The average Bonchev–Trinajstić information content (AvgIpc) is 2.70. The van der Waals surface area contributed by atoms with E-state index in [0.717, 1.165) is 23.0 Å². The third kappa shape index (κ3) is 1.95. The minimum Gasteiger partial charge on any atom is -0.458 e. The van der Waals surface area contributed by atoms with Crippen LogP contribution in [0.4, 0.5) is 0 Å². The molecular weight excluding hydrogens is 224 g/mol. The standard InChI is InChI=1S/C13H15ClO2/c1-3-4-11(15)12-7-9-10(14)6-5-8(2)13(9)16-12/h5-7,11,15H,3-4H2,1-2H3. The lowest BCUT2D eigenvalue weighted by atomic mass is 10.1. The van der Waals surface area contributed by atoms with Crippen molar-refractivity contribution in [1.29, 1.82) is 0 Å². The van der Waals surface area contributed by atoms with E-state index in [1.54, 1.807) is 0 Å². The van der Waals surface area contributed by atoms with Gasteiger partial charge in [0, 0.05) is 5.39 Å². The molecule has 1 N–H and O–H groups in total. The summed E-state index contributed by atoms with van der Waals surface area (Å²) < 4.78 is 5.66. The quantitative estimate of drug-likeness (QED) is 0.868. The third-order valence-electron chi connectivity index (χ3n) is 2.74. The topological polar surface area (TPSA) is 33.4 Å². The fourth-order valence-corrected chi connectivity index (χ4v) is 2.03. The van der Waals surface area contributed by atoms with Crippen LogP contribution in [-0.2, 0) is 0 Å². The highest BCUT2D eigenvalue weighted by atomic mass is 35.5. The van der Waals surface area contributed by atoms with Crippen molar-refractivity contribution in [1.82, 2.24) is 0 Å². The van der Waals surface area contributed by atoms with Gasteiger partial charge in [-0.05, 0) is 31.0 Å². The molecule has 86 valence electrons. The highest BCUT2D eigenvalue weighted by Gasteiger charge is 2.15. The molecule has 0 fully saturated rings. The Morgan fingerprint density at radius 2 is 2.19 bits per heavy atom. The van der Waals surface area contributed by atoms with Crippen LogP contribution >= 0.6 is 11.6 Å². The largest absolute Gasteiger partial charge is 0.458 e. The smallest absolute Gasteiger partial charge is 0.138 e. The summed E-state index contributed by atoms with van der Waals surface area (Å²) in [6, 6.07) is 5.61. The first-order valence-electron chi connectivity index (χ1n) is 5.50. The highest BCUT2D eigenvalue weighted by Crippen LogP contribution is 2.32. The molecule has 0 aliphatic heterocycles. The Morgan fingerprint density at radius 3 is 2.81 bits per heavy atom. The van der Waals surface area contributed by atoms with Crippen LogP contribution in [0.25, 0.3) is 11.0 Å². The normalized spacial score (nSPS) is 13.2. The predicted molar refractivity (Wildman–Crippen MR) is 65.8 cm³/mol. The Bertz CT molecular complexity index is 463. The Kier molecular flexibility index (Phi) is 3.22. The highest BCUT2D eigenvalue weighted by molar-refractivity contribution is 6.35. The summed E-state index contributed by atoms with van der Waals surface area (Å²) in [6.07, 6.45) is 1.09. The van der Waals surface area contributed by atoms with Gasteiger partial charge in [0.15, 0.2) is 0 Å². The van der Waals surface area contributed by atoms with Gasteiger partial charge in [-0.1, -0.05) is 31.0 Å². The molecule has 0 amide bonds. The third-order valence-corrected chi connectivity index (χ3v) is 3.07. The van der Waals surface area contributed by atoms with Gasteiger partial charge in [-0.15, -0.1) is 0 Å². The first kappa shape index (κ1) is 11.5. The molecule has 0 bridgehead atoms. The van der Waals surface area contributed by atoms with Crippen LogP contribution in [0.1, 0.15) is 37.2 Å². The van der Waals surface area contributed by atoms with Crippen LogP contribution in [0.3, 0.4) is 0 Å². The van der Waals surface area contributed by atoms with Crippen LogP contribution in [0.15, 0.2) is 22.6 Å². The van der Waals surface area contributed by atoms with Crippen molar-refractivity contribution in [2.75, 3.05) is 0 Å². The van der Waals surface area contributed by atoms with Crippen molar-refractivity contribution in [3.63, 3.8) is 0 Å². The van der Waals surface area contributed by atoms with E-state index in [4.69, 9.17) is 16.0 Å². The first-order chi connectivity index (χ1) is 7.63. The van der Waals surface area contributed by atoms with Crippen LogP contribution in [0, 0.1) is 6.92 Å². The molecule has 1 unspecified atom stereocenters. The molecular formula is C13H15ClO2. The van der Waals surface area contributed by atoms with E-state index in [9.17, 15) is 5.11 Å². The maximum absolute atomic E-state index is 9.87. The maximum Gasteiger partial charge on any atom is 0.138 e. The second-order valence-electron chi connectivity index (χ2n) is 4.06. The van der Waals surface area contributed by atoms with Gasteiger partial charge in [-0.3, -0.25) is 0 Å². The number of aryl methyl sites for hydroxylation is 1. The summed E-state index contributed by atoms with van der Waals surface area (Å²) in [6.45, 7) is 4.00. The molecule has 16 heavy (non-hydrogen) atoms. The Balaban J connectivity index is 2.51. The molecule has 3 heteroatoms. The summed E-state index contributed by atoms with van der Waals surface area (Å²) in [7, 11) is 0. The van der Waals surface area contributed by atoms with Gasteiger partial charge < -0.3 is 9.52 Å². The monoisotopic (exact) mass is 238 g/mol. The fraction of sp³-hybridized carbons (Fsp3) is 0.385. The molecule has 1 aromatic carbocycles. The zero-order chi connectivity index (χ0) is 11.7. The Morgan fingerprint density at radius 1 is 1.44 bits per heavy atom. The van der Waals surface area contributed by atoms with E-state index in [-0.39, 0.29) is 0 Å². The summed E-state index contributed by atoms with van der Waals surface area (Å²) in [5.41, 5.74) is 1.81. The van der Waals surface area contributed by atoms with E-state index in [1.165, 1.54) is 0 Å². The van der Waals surface area contributed by atoms with E-state index in [1.807, 2.05) is 32.0 Å². The number of fused-ring (bicyclic) bond motifs is 1. The zero-order valence-electron chi connectivity index (χ0n) is 9.46.